The number of terminal acetylenes is 1. The Hall–Kier alpha value is -5.71. The lowest BCUT2D eigenvalue weighted by atomic mass is 10.0. The molecule has 0 amide bonds. The highest BCUT2D eigenvalue weighted by Gasteiger charge is 2.27. The lowest BCUT2D eigenvalue weighted by Crippen LogP contribution is -2.29. The van der Waals surface area contributed by atoms with E-state index < -0.39 is 23.4 Å². The fourth-order valence-corrected chi connectivity index (χ4v) is 10.6. The highest BCUT2D eigenvalue weighted by Crippen LogP contribution is 2.39. The van der Waals surface area contributed by atoms with Crippen molar-refractivity contribution >= 4 is 106 Å². The average Bonchev–Trinajstić information content (AvgIpc) is 3.99. The number of allylic oxidation sites excluding steroid dienone is 1. The van der Waals surface area contributed by atoms with Crippen molar-refractivity contribution < 1.29 is 19.1 Å². The van der Waals surface area contributed by atoms with Gasteiger partial charge in [-0.2, -0.15) is 0 Å². The van der Waals surface area contributed by atoms with Crippen LogP contribution in [-0.4, -0.2) is 38.8 Å². The Kier molecular flexibility index (Phi) is 10.3. The largest absolute Gasteiger partial charge is 0.443 e. The quantitative estimate of drug-likeness (QED) is 0.126. The highest BCUT2D eigenvalue weighted by molar-refractivity contribution is 8.07. The number of aromatic nitrogens is 2. The molecule has 5 aromatic heterocycles. The summed E-state index contributed by atoms with van der Waals surface area (Å²) in [5.41, 5.74) is 0.0241. The molecule has 12 heteroatoms. The number of thiophene rings is 3. The molecule has 0 saturated carbocycles. The van der Waals surface area contributed by atoms with Crippen LogP contribution in [0.4, 0.5) is 9.59 Å². The minimum absolute atomic E-state index is 0.119. The number of carbonyl (C=O) groups is 2. The first-order chi connectivity index (χ1) is 28.0. The van der Waals surface area contributed by atoms with Gasteiger partial charge in [0.25, 0.3) is 0 Å². The van der Waals surface area contributed by atoms with E-state index in [9.17, 15) is 19.2 Å². The molecule has 0 atom stereocenters. The average molecular weight is 855 g/mol. The lowest BCUT2D eigenvalue weighted by molar-refractivity contribution is 0.0538. The summed E-state index contributed by atoms with van der Waals surface area (Å²) in [5.74, 6) is 2.60. The Labute approximate surface area is 356 Å². The number of hydrogen-bond acceptors (Lipinski definition) is 10. The maximum atomic E-state index is 14.8. The maximum absolute atomic E-state index is 14.8. The van der Waals surface area contributed by atoms with Crippen molar-refractivity contribution in [2.24, 2.45) is 0 Å². The SMILES string of the molecule is C#C/C=C(\SC)c1ccc(-c2ccc3c(c2)c(=O)c2cc4c(cc2n3C(=O)OC(C)(C)C)c(=O)c2cc(-c3ccc(-c5cccs5)s3)ccc2n4C(=O)OC(C)(C)C)s1. The number of rotatable bonds is 5. The van der Waals surface area contributed by atoms with Gasteiger partial charge in [-0.3, -0.25) is 9.59 Å². The summed E-state index contributed by atoms with van der Waals surface area (Å²) in [4.78, 5) is 64.0. The van der Waals surface area contributed by atoms with Crippen molar-refractivity contribution in [2.75, 3.05) is 6.26 Å². The van der Waals surface area contributed by atoms with Gasteiger partial charge in [0, 0.05) is 56.9 Å². The normalized spacial score (nSPS) is 12.4. The van der Waals surface area contributed by atoms with Crippen LogP contribution in [0.25, 0.3) is 79.2 Å². The fourth-order valence-electron chi connectivity index (χ4n) is 6.98. The standard InChI is InChI=1S/C47H38N2O6S4/c1-9-11-38(56-8)40-19-17-36(58-40)26-13-15-32-28(22-26)42(50)30-24-35-31(25-34(30)48(32)44(52)54-46(2,3)4)43(51)29-23-27(37-18-20-41(59-37)39-12-10-21-57-39)14-16-33(29)49(35)45(53)55-47(5,6)7/h1,10-25H,2-8H3/b38-11-. The molecule has 5 heterocycles. The number of benzene rings is 3. The van der Waals surface area contributed by atoms with Crippen molar-refractivity contribution in [3.8, 4) is 43.0 Å². The second-order valence-electron chi connectivity index (χ2n) is 15.8. The van der Waals surface area contributed by atoms with E-state index in [0.29, 0.717) is 11.0 Å². The van der Waals surface area contributed by atoms with Gasteiger partial charge in [0.05, 0.1) is 22.1 Å². The molecular weight excluding hydrogens is 817 g/mol. The van der Waals surface area contributed by atoms with Crippen molar-refractivity contribution in [2.45, 2.75) is 52.7 Å². The first-order valence-corrected chi connectivity index (χ1v) is 22.4. The van der Waals surface area contributed by atoms with Crippen molar-refractivity contribution in [3.05, 3.63) is 122 Å². The summed E-state index contributed by atoms with van der Waals surface area (Å²) >= 11 is 6.35. The Morgan fingerprint density at radius 1 is 0.644 bits per heavy atom. The predicted octanol–water partition coefficient (Wildman–Crippen LogP) is 12.7. The van der Waals surface area contributed by atoms with Crippen LogP contribution in [0, 0.1) is 12.3 Å². The van der Waals surface area contributed by atoms with Crippen LogP contribution in [0.1, 0.15) is 46.4 Å². The second-order valence-corrected chi connectivity index (χ2v) is 19.8. The van der Waals surface area contributed by atoms with Crippen LogP contribution in [-0.2, 0) is 9.47 Å². The van der Waals surface area contributed by atoms with E-state index in [1.165, 1.54) is 32.6 Å². The van der Waals surface area contributed by atoms with Crippen LogP contribution in [0.3, 0.4) is 0 Å². The Morgan fingerprint density at radius 3 is 1.61 bits per heavy atom. The number of pyridine rings is 2. The van der Waals surface area contributed by atoms with Crippen LogP contribution in [0.5, 0.6) is 0 Å². The molecule has 0 aliphatic rings. The minimum atomic E-state index is -0.884. The third kappa shape index (κ3) is 7.56. The molecule has 3 aromatic carbocycles. The van der Waals surface area contributed by atoms with E-state index in [1.807, 2.05) is 48.0 Å². The summed E-state index contributed by atoms with van der Waals surface area (Å²) in [7, 11) is 0. The summed E-state index contributed by atoms with van der Waals surface area (Å²) < 4.78 is 14.6. The zero-order valence-corrected chi connectivity index (χ0v) is 36.6. The molecule has 0 bridgehead atoms. The van der Waals surface area contributed by atoms with Gasteiger partial charge in [0.1, 0.15) is 11.2 Å². The Bertz CT molecular complexity index is 3210. The smallest absolute Gasteiger partial charge is 0.419 e. The van der Waals surface area contributed by atoms with Gasteiger partial charge in [0.15, 0.2) is 10.9 Å². The molecule has 0 radical (unpaired) electrons. The van der Waals surface area contributed by atoms with Crippen molar-refractivity contribution in [1.82, 2.24) is 9.13 Å². The van der Waals surface area contributed by atoms with Gasteiger partial charge in [-0.25, -0.2) is 18.7 Å². The third-order valence-electron chi connectivity index (χ3n) is 9.42. The van der Waals surface area contributed by atoms with Gasteiger partial charge >= 0.3 is 12.2 Å². The molecule has 8 rings (SSSR count). The summed E-state index contributed by atoms with van der Waals surface area (Å²) in [6, 6.07) is 25.9. The van der Waals surface area contributed by atoms with E-state index in [1.54, 1.807) is 106 Å². The monoisotopic (exact) mass is 854 g/mol. The maximum Gasteiger partial charge on any atom is 0.419 e. The third-order valence-corrected chi connectivity index (χ3v) is 13.7. The number of nitrogens with zero attached hydrogens (tertiary/aromatic N) is 2. The Balaban J connectivity index is 1.42. The fraction of sp³-hybridized carbons (Fsp3) is 0.191. The highest BCUT2D eigenvalue weighted by atomic mass is 32.2. The van der Waals surface area contributed by atoms with Gasteiger partial charge in [-0.05, 0) is 131 Å². The predicted molar refractivity (Wildman–Crippen MR) is 249 cm³/mol. The van der Waals surface area contributed by atoms with Gasteiger partial charge in [-0.15, -0.1) is 52.2 Å². The van der Waals surface area contributed by atoms with Crippen LogP contribution in [0.15, 0.2) is 106 Å². The van der Waals surface area contributed by atoms with E-state index in [-0.39, 0.29) is 43.4 Å². The lowest BCUT2D eigenvalue weighted by Gasteiger charge is -2.23. The van der Waals surface area contributed by atoms with E-state index >= 15 is 0 Å². The molecule has 8 nitrogen and oxygen atoms in total. The van der Waals surface area contributed by atoms with E-state index in [2.05, 4.69) is 18.1 Å². The van der Waals surface area contributed by atoms with Crippen LogP contribution < -0.4 is 10.9 Å². The second kappa shape index (κ2) is 15.1. The number of carbonyl (C=O) groups excluding carboxylic acids is 2. The van der Waals surface area contributed by atoms with Crippen LogP contribution >= 0.6 is 45.8 Å². The number of thioether (sulfide) groups is 1. The first-order valence-electron chi connectivity index (χ1n) is 18.6. The van der Waals surface area contributed by atoms with Gasteiger partial charge in [0.2, 0.25) is 0 Å². The molecule has 0 saturated heterocycles. The molecule has 59 heavy (non-hydrogen) atoms. The molecule has 0 spiro atoms. The molecule has 0 N–H and O–H groups in total. The van der Waals surface area contributed by atoms with Crippen molar-refractivity contribution in [3.63, 3.8) is 0 Å². The van der Waals surface area contributed by atoms with Crippen molar-refractivity contribution in [1.29, 1.82) is 0 Å². The van der Waals surface area contributed by atoms with E-state index in [0.717, 1.165) is 40.4 Å². The number of hydrogen-bond donors (Lipinski definition) is 0. The summed E-state index contributed by atoms with van der Waals surface area (Å²) in [5, 5.41) is 2.81. The summed E-state index contributed by atoms with van der Waals surface area (Å²) in [6.45, 7) is 10.6. The minimum Gasteiger partial charge on any atom is -0.443 e. The molecule has 0 fully saturated rings. The number of fused-ring (bicyclic) bond motifs is 4. The molecule has 0 aliphatic heterocycles. The molecule has 8 aromatic rings. The Morgan fingerprint density at radius 2 is 1.14 bits per heavy atom. The van der Waals surface area contributed by atoms with Gasteiger partial charge < -0.3 is 9.47 Å². The summed E-state index contributed by atoms with van der Waals surface area (Å²) in [6.07, 6.45) is 7.81. The number of ether oxygens (including phenoxy) is 2. The zero-order chi connectivity index (χ0) is 42.0. The van der Waals surface area contributed by atoms with E-state index in [4.69, 9.17) is 15.9 Å². The zero-order valence-electron chi connectivity index (χ0n) is 33.3. The molecule has 0 unspecified atom stereocenters. The molecular formula is C47H38N2O6S4. The van der Waals surface area contributed by atoms with Gasteiger partial charge in [-0.1, -0.05) is 24.1 Å². The molecule has 296 valence electrons. The topological polar surface area (TPSA) is 96.6 Å². The molecule has 0 aliphatic carbocycles. The van der Waals surface area contributed by atoms with Crippen LogP contribution in [0.2, 0.25) is 0 Å². The first kappa shape index (κ1) is 40.1.